The van der Waals surface area contributed by atoms with Crippen molar-refractivity contribution in [2.24, 2.45) is 4.99 Å². The maximum absolute atomic E-state index is 10.1. The van der Waals surface area contributed by atoms with Crippen LogP contribution in [0, 0.1) is 0 Å². The molecule has 0 aliphatic heterocycles. The summed E-state index contributed by atoms with van der Waals surface area (Å²) in [5.74, 6) is 2.47. The number of benzene rings is 2. The Balaban J connectivity index is 1.72. The normalized spacial score (nSPS) is 11.3. The van der Waals surface area contributed by atoms with Gasteiger partial charge < -0.3 is 25.0 Å². The predicted molar refractivity (Wildman–Crippen MR) is 115 cm³/mol. The molecule has 0 fully saturated rings. The number of aromatic amines is 1. The highest BCUT2D eigenvalue weighted by molar-refractivity contribution is 5.79. The summed E-state index contributed by atoms with van der Waals surface area (Å²) in [4.78, 5) is 14.5. The van der Waals surface area contributed by atoms with Gasteiger partial charge in [0, 0.05) is 19.2 Å². The molecule has 0 bridgehead atoms. The lowest BCUT2D eigenvalue weighted by Gasteiger charge is -2.21. The molecule has 3 aromatic rings. The molecule has 0 radical (unpaired) electrons. The molecule has 3 N–H and O–H groups in total. The Bertz CT molecular complexity index is 953. The van der Waals surface area contributed by atoms with Crippen LogP contribution in [0.2, 0.25) is 0 Å². The van der Waals surface area contributed by atoms with Crippen LogP contribution in [-0.2, 0) is 13.1 Å². The lowest BCUT2D eigenvalue weighted by molar-refractivity contribution is 0.410. The largest absolute Gasteiger partial charge is 0.508 e. The van der Waals surface area contributed by atoms with Crippen molar-refractivity contribution in [1.29, 1.82) is 0 Å². The Morgan fingerprint density at radius 1 is 1.24 bits per heavy atom. The monoisotopic (exact) mass is 393 g/mol. The van der Waals surface area contributed by atoms with Crippen LogP contribution in [0.5, 0.6) is 11.5 Å². The molecule has 7 nitrogen and oxygen atoms in total. The molecule has 0 atom stereocenters. The SMILES string of the molecule is CCNC(=NCc1cc(OC)ccc1O)N(C)Cc1ncc(-c2ccccc2)[nH]1. The molecule has 2 aromatic carbocycles. The van der Waals surface area contributed by atoms with Crippen molar-refractivity contribution in [2.45, 2.75) is 20.0 Å². The van der Waals surface area contributed by atoms with Gasteiger partial charge in [-0.05, 0) is 30.7 Å². The number of ether oxygens (including phenoxy) is 1. The summed E-state index contributed by atoms with van der Waals surface area (Å²) in [6, 6.07) is 15.2. The van der Waals surface area contributed by atoms with Crippen molar-refractivity contribution in [2.75, 3.05) is 20.7 Å². The third-order valence-electron chi connectivity index (χ3n) is 4.48. The number of aromatic hydroxyl groups is 1. The van der Waals surface area contributed by atoms with E-state index in [0.717, 1.165) is 29.6 Å². The Morgan fingerprint density at radius 2 is 2.03 bits per heavy atom. The Morgan fingerprint density at radius 3 is 2.76 bits per heavy atom. The van der Waals surface area contributed by atoms with Gasteiger partial charge in [-0.1, -0.05) is 30.3 Å². The molecule has 7 heteroatoms. The standard InChI is InChI=1S/C22H27N5O2/c1-4-23-22(25-13-17-12-18(29-3)10-11-20(17)28)27(2)15-21-24-14-19(26-21)16-8-6-5-7-9-16/h5-12,14,28H,4,13,15H2,1-3H3,(H,23,25)(H,24,26). The number of aromatic nitrogens is 2. The van der Waals surface area contributed by atoms with Gasteiger partial charge in [-0.2, -0.15) is 0 Å². The van der Waals surface area contributed by atoms with Gasteiger partial charge in [0.25, 0.3) is 0 Å². The van der Waals surface area contributed by atoms with Crippen LogP contribution >= 0.6 is 0 Å². The van der Waals surface area contributed by atoms with Crippen LogP contribution < -0.4 is 10.1 Å². The second-order valence-corrected chi connectivity index (χ2v) is 6.63. The second-order valence-electron chi connectivity index (χ2n) is 6.63. The van der Waals surface area contributed by atoms with Crippen LogP contribution in [0.15, 0.2) is 59.7 Å². The first-order valence-corrected chi connectivity index (χ1v) is 9.55. The fourth-order valence-corrected chi connectivity index (χ4v) is 2.95. The molecule has 1 aromatic heterocycles. The molecule has 0 aliphatic rings. The number of nitrogens with one attached hydrogen (secondary N) is 2. The number of guanidine groups is 1. The summed E-state index contributed by atoms with van der Waals surface area (Å²) in [7, 11) is 3.56. The Kier molecular flexibility index (Phi) is 6.73. The number of aliphatic imine (C=N–C) groups is 1. The first-order chi connectivity index (χ1) is 14.1. The Hall–Kier alpha value is -3.48. The van der Waals surface area contributed by atoms with E-state index in [1.54, 1.807) is 25.3 Å². The highest BCUT2D eigenvalue weighted by Crippen LogP contribution is 2.23. The van der Waals surface area contributed by atoms with Crippen molar-refractivity contribution in [3.8, 4) is 22.8 Å². The van der Waals surface area contributed by atoms with Crippen LogP contribution in [0.4, 0.5) is 0 Å². The van der Waals surface area contributed by atoms with E-state index >= 15 is 0 Å². The zero-order valence-electron chi connectivity index (χ0n) is 17.0. The smallest absolute Gasteiger partial charge is 0.194 e. The molecular weight excluding hydrogens is 366 g/mol. The summed E-state index contributed by atoms with van der Waals surface area (Å²) in [6.45, 7) is 3.67. The highest BCUT2D eigenvalue weighted by atomic mass is 16.5. The number of hydrogen-bond donors (Lipinski definition) is 3. The molecule has 3 rings (SSSR count). The average molecular weight is 393 g/mol. The quantitative estimate of drug-likeness (QED) is 0.423. The fourth-order valence-electron chi connectivity index (χ4n) is 2.95. The van der Waals surface area contributed by atoms with Gasteiger partial charge in [0.15, 0.2) is 5.96 Å². The molecular formula is C22H27N5O2. The van der Waals surface area contributed by atoms with E-state index in [4.69, 9.17) is 4.74 Å². The highest BCUT2D eigenvalue weighted by Gasteiger charge is 2.11. The van der Waals surface area contributed by atoms with Gasteiger partial charge in [-0.25, -0.2) is 9.98 Å². The summed E-state index contributed by atoms with van der Waals surface area (Å²) in [5.41, 5.74) is 2.79. The minimum absolute atomic E-state index is 0.201. The van der Waals surface area contributed by atoms with Gasteiger partial charge in [0.1, 0.15) is 17.3 Å². The number of phenols is 1. The zero-order chi connectivity index (χ0) is 20.6. The summed E-state index contributed by atoms with van der Waals surface area (Å²) >= 11 is 0. The molecule has 0 spiro atoms. The maximum atomic E-state index is 10.1. The zero-order valence-corrected chi connectivity index (χ0v) is 17.0. The molecule has 1 heterocycles. The first kappa shape index (κ1) is 20.3. The van der Waals surface area contributed by atoms with Crippen molar-refractivity contribution < 1.29 is 9.84 Å². The van der Waals surface area contributed by atoms with Crippen molar-refractivity contribution in [3.63, 3.8) is 0 Å². The summed E-state index contributed by atoms with van der Waals surface area (Å²) in [5, 5.41) is 13.4. The van der Waals surface area contributed by atoms with Gasteiger partial charge in [0.05, 0.1) is 32.1 Å². The molecule has 0 saturated carbocycles. The number of H-pyrrole nitrogens is 1. The third-order valence-corrected chi connectivity index (χ3v) is 4.48. The Labute approximate surface area is 171 Å². The lowest BCUT2D eigenvalue weighted by Crippen LogP contribution is -2.38. The second kappa shape index (κ2) is 9.64. The van der Waals surface area contributed by atoms with Crippen LogP contribution in [0.1, 0.15) is 18.3 Å². The lowest BCUT2D eigenvalue weighted by atomic mass is 10.2. The third kappa shape index (κ3) is 5.28. The maximum Gasteiger partial charge on any atom is 0.194 e. The molecule has 29 heavy (non-hydrogen) atoms. The van der Waals surface area contributed by atoms with Crippen molar-refractivity contribution in [3.05, 3.63) is 66.1 Å². The average Bonchev–Trinajstić information content (AvgIpc) is 3.21. The van der Waals surface area contributed by atoms with Crippen molar-refractivity contribution >= 4 is 5.96 Å². The molecule has 0 aliphatic carbocycles. The fraction of sp³-hybridized carbons (Fsp3) is 0.273. The first-order valence-electron chi connectivity index (χ1n) is 9.55. The predicted octanol–water partition coefficient (Wildman–Crippen LogP) is 3.39. The summed E-state index contributed by atoms with van der Waals surface area (Å²) in [6.07, 6.45) is 1.84. The van der Waals surface area contributed by atoms with Gasteiger partial charge >= 0.3 is 0 Å². The molecule has 0 saturated heterocycles. The van der Waals surface area contributed by atoms with Crippen LogP contribution in [0.25, 0.3) is 11.3 Å². The molecule has 0 unspecified atom stereocenters. The van der Waals surface area contributed by atoms with Gasteiger partial charge in [-0.15, -0.1) is 0 Å². The van der Waals surface area contributed by atoms with E-state index in [2.05, 4.69) is 20.3 Å². The van der Waals surface area contributed by atoms with Crippen LogP contribution in [0.3, 0.4) is 0 Å². The van der Waals surface area contributed by atoms with Crippen molar-refractivity contribution in [1.82, 2.24) is 20.2 Å². The minimum atomic E-state index is 0.201. The number of phenolic OH excluding ortho intramolecular Hbond substituents is 1. The number of imidazole rings is 1. The van der Waals surface area contributed by atoms with E-state index < -0.39 is 0 Å². The van der Waals surface area contributed by atoms with E-state index in [0.29, 0.717) is 24.4 Å². The number of hydrogen-bond acceptors (Lipinski definition) is 4. The number of nitrogens with zero attached hydrogens (tertiary/aromatic N) is 3. The topological polar surface area (TPSA) is 85.8 Å². The van der Waals surface area contributed by atoms with E-state index in [1.165, 1.54) is 0 Å². The molecule has 152 valence electrons. The van der Waals surface area contributed by atoms with Crippen LogP contribution in [-0.4, -0.2) is 46.6 Å². The molecule has 0 amide bonds. The summed E-state index contributed by atoms with van der Waals surface area (Å²) < 4.78 is 5.23. The van der Waals surface area contributed by atoms with Gasteiger partial charge in [-0.3, -0.25) is 0 Å². The number of methoxy groups -OCH3 is 1. The van der Waals surface area contributed by atoms with Gasteiger partial charge in [0.2, 0.25) is 0 Å². The van der Waals surface area contributed by atoms with E-state index in [9.17, 15) is 5.11 Å². The number of rotatable bonds is 7. The van der Waals surface area contributed by atoms with E-state index in [1.807, 2.05) is 55.4 Å². The van der Waals surface area contributed by atoms with E-state index in [-0.39, 0.29) is 5.75 Å². The minimum Gasteiger partial charge on any atom is -0.508 e.